The number of methoxy groups -OCH3 is 2. The lowest BCUT2D eigenvalue weighted by molar-refractivity contribution is 0.414. The molecule has 1 aromatic heterocycles. The maximum Gasteiger partial charge on any atom is 0.280 e. The summed E-state index contributed by atoms with van der Waals surface area (Å²) in [4.78, 5) is 18.0. The summed E-state index contributed by atoms with van der Waals surface area (Å²) in [7, 11) is 3.13. The first-order chi connectivity index (χ1) is 13.6. The molecule has 0 aliphatic heterocycles. The summed E-state index contributed by atoms with van der Waals surface area (Å²) in [5, 5.41) is 13.9. The van der Waals surface area contributed by atoms with Crippen LogP contribution in [0, 0.1) is 17.6 Å². The molecule has 3 aromatic rings. The summed E-state index contributed by atoms with van der Waals surface area (Å²) >= 11 is 1.04. The quantitative estimate of drug-likeness (QED) is 0.390. The van der Waals surface area contributed by atoms with Crippen LogP contribution in [0.25, 0.3) is 5.69 Å². The van der Waals surface area contributed by atoms with Crippen LogP contribution in [0.1, 0.15) is 11.3 Å². The molecule has 0 radical (unpaired) electrons. The normalized spacial score (nSPS) is 10.8. The molecule has 28 heavy (non-hydrogen) atoms. The summed E-state index contributed by atoms with van der Waals surface area (Å²) in [6.45, 7) is 1.81. The predicted molar refractivity (Wildman–Crippen MR) is 109 cm³/mol. The fourth-order valence-corrected chi connectivity index (χ4v) is 3.05. The molecule has 0 atom stereocenters. The SMILES string of the molecule is COc1ccc(-n2[nH]c(C)c(C=Nc3ccc(SC#N)cc3OC)c2=O)cc1. The molecule has 0 spiro atoms. The van der Waals surface area contributed by atoms with Crippen molar-refractivity contribution in [2.24, 2.45) is 4.99 Å². The molecule has 142 valence electrons. The number of benzene rings is 2. The van der Waals surface area contributed by atoms with E-state index in [1.165, 1.54) is 18.0 Å². The second-order valence-electron chi connectivity index (χ2n) is 5.77. The van der Waals surface area contributed by atoms with Gasteiger partial charge in [0.1, 0.15) is 22.6 Å². The van der Waals surface area contributed by atoms with Crippen molar-refractivity contribution in [2.45, 2.75) is 11.8 Å². The van der Waals surface area contributed by atoms with E-state index in [0.717, 1.165) is 16.7 Å². The molecular weight excluding hydrogens is 376 g/mol. The number of aryl methyl sites for hydroxylation is 1. The second-order valence-corrected chi connectivity index (χ2v) is 6.63. The Balaban J connectivity index is 1.94. The van der Waals surface area contributed by atoms with Gasteiger partial charge in [-0.1, -0.05) is 0 Å². The highest BCUT2D eigenvalue weighted by molar-refractivity contribution is 8.03. The zero-order valence-corrected chi connectivity index (χ0v) is 16.4. The molecular formula is C20H18N4O3S. The third-order valence-electron chi connectivity index (χ3n) is 4.10. The number of ether oxygens (including phenoxy) is 2. The number of nitriles is 1. The van der Waals surface area contributed by atoms with Gasteiger partial charge in [0.2, 0.25) is 0 Å². The largest absolute Gasteiger partial charge is 0.497 e. The van der Waals surface area contributed by atoms with Crippen LogP contribution in [0.3, 0.4) is 0 Å². The Kier molecular flexibility index (Phi) is 5.87. The van der Waals surface area contributed by atoms with Crippen molar-refractivity contribution < 1.29 is 9.47 Å². The lowest BCUT2D eigenvalue weighted by Gasteiger charge is -2.05. The molecule has 1 N–H and O–H groups in total. The van der Waals surface area contributed by atoms with E-state index in [-0.39, 0.29) is 5.56 Å². The summed E-state index contributed by atoms with van der Waals surface area (Å²) in [6, 6.07) is 12.4. The van der Waals surface area contributed by atoms with Crippen LogP contribution >= 0.6 is 11.8 Å². The molecule has 0 bridgehead atoms. The molecule has 0 aliphatic rings. The number of aliphatic imine (C=N–C) groups is 1. The fraction of sp³-hybridized carbons (Fsp3) is 0.150. The van der Waals surface area contributed by atoms with Crippen LogP contribution < -0.4 is 15.0 Å². The number of thioether (sulfide) groups is 1. The van der Waals surface area contributed by atoms with Gasteiger partial charge in [0.05, 0.1) is 25.5 Å². The average Bonchev–Trinajstić information content (AvgIpc) is 3.00. The van der Waals surface area contributed by atoms with Crippen molar-refractivity contribution in [1.29, 1.82) is 5.26 Å². The number of thiocyanates is 1. The minimum atomic E-state index is -0.206. The molecule has 2 aromatic carbocycles. The van der Waals surface area contributed by atoms with Gasteiger partial charge in [-0.25, -0.2) is 4.68 Å². The molecule has 0 saturated heterocycles. The summed E-state index contributed by atoms with van der Waals surface area (Å²) in [5.41, 5.74) is 2.21. The Morgan fingerprint density at radius 3 is 2.57 bits per heavy atom. The van der Waals surface area contributed by atoms with E-state index < -0.39 is 0 Å². The molecule has 0 fully saturated rings. The van der Waals surface area contributed by atoms with Crippen molar-refractivity contribution in [2.75, 3.05) is 14.2 Å². The van der Waals surface area contributed by atoms with E-state index in [4.69, 9.17) is 14.7 Å². The van der Waals surface area contributed by atoms with Crippen LogP contribution in [-0.4, -0.2) is 30.2 Å². The minimum absolute atomic E-state index is 0.206. The Morgan fingerprint density at radius 1 is 1.18 bits per heavy atom. The summed E-state index contributed by atoms with van der Waals surface area (Å²) in [6.07, 6.45) is 1.52. The van der Waals surface area contributed by atoms with E-state index in [2.05, 4.69) is 10.1 Å². The van der Waals surface area contributed by atoms with Gasteiger partial charge in [-0.2, -0.15) is 5.26 Å². The van der Waals surface area contributed by atoms with E-state index in [1.807, 2.05) is 12.3 Å². The van der Waals surface area contributed by atoms with Crippen LogP contribution in [0.5, 0.6) is 11.5 Å². The molecule has 0 unspecified atom stereocenters. The molecule has 3 rings (SSSR count). The Labute approximate surface area is 166 Å². The standard InChI is InChI=1S/C20H18N4O3S/c1-13-17(11-22-18-9-8-16(28-12-21)10-19(18)27-3)20(25)24(23-13)14-4-6-15(26-2)7-5-14/h4-11,23H,1-3H3. The topological polar surface area (TPSA) is 92.4 Å². The van der Waals surface area contributed by atoms with Crippen molar-refractivity contribution >= 4 is 23.7 Å². The average molecular weight is 394 g/mol. The number of aromatic nitrogens is 2. The van der Waals surface area contributed by atoms with E-state index >= 15 is 0 Å². The smallest absolute Gasteiger partial charge is 0.280 e. The monoisotopic (exact) mass is 394 g/mol. The molecule has 1 heterocycles. The van der Waals surface area contributed by atoms with Gasteiger partial charge in [0.25, 0.3) is 5.56 Å². The second kappa shape index (κ2) is 8.50. The Bertz CT molecular complexity index is 1110. The zero-order valence-electron chi connectivity index (χ0n) is 15.6. The summed E-state index contributed by atoms with van der Waals surface area (Å²) in [5.74, 6) is 1.24. The van der Waals surface area contributed by atoms with Crippen molar-refractivity contribution in [3.8, 4) is 22.6 Å². The molecule has 0 saturated carbocycles. The van der Waals surface area contributed by atoms with Crippen molar-refractivity contribution in [3.63, 3.8) is 0 Å². The van der Waals surface area contributed by atoms with Gasteiger partial charge < -0.3 is 9.47 Å². The first-order valence-corrected chi connectivity index (χ1v) is 9.13. The first-order valence-electron chi connectivity index (χ1n) is 8.31. The molecule has 0 amide bonds. The van der Waals surface area contributed by atoms with Crippen LogP contribution in [-0.2, 0) is 0 Å². The number of H-pyrrole nitrogens is 1. The summed E-state index contributed by atoms with van der Waals surface area (Å²) < 4.78 is 11.9. The van der Waals surface area contributed by atoms with E-state index in [1.54, 1.807) is 49.6 Å². The molecule has 7 nitrogen and oxygen atoms in total. The number of hydrogen-bond acceptors (Lipinski definition) is 6. The Hall–Kier alpha value is -3.44. The predicted octanol–water partition coefficient (Wildman–Crippen LogP) is 3.82. The van der Waals surface area contributed by atoms with Gasteiger partial charge in [0.15, 0.2) is 0 Å². The number of nitrogens with one attached hydrogen (secondary N) is 1. The Morgan fingerprint density at radius 2 is 1.93 bits per heavy atom. The number of rotatable bonds is 6. The van der Waals surface area contributed by atoms with Crippen molar-refractivity contribution in [3.05, 3.63) is 64.1 Å². The number of nitrogens with zero attached hydrogens (tertiary/aromatic N) is 3. The number of hydrogen-bond donors (Lipinski definition) is 1. The van der Waals surface area contributed by atoms with Crippen molar-refractivity contribution in [1.82, 2.24) is 9.78 Å². The van der Waals surface area contributed by atoms with Gasteiger partial charge in [-0.3, -0.25) is 14.9 Å². The van der Waals surface area contributed by atoms with Crippen LogP contribution in [0.15, 0.2) is 57.1 Å². The highest BCUT2D eigenvalue weighted by atomic mass is 32.2. The number of aromatic amines is 1. The molecule has 0 aliphatic carbocycles. The van der Waals surface area contributed by atoms with Crippen LogP contribution in [0.4, 0.5) is 5.69 Å². The van der Waals surface area contributed by atoms with Crippen LogP contribution in [0.2, 0.25) is 0 Å². The lowest BCUT2D eigenvalue weighted by Crippen LogP contribution is -2.17. The fourth-order valence-electron chi connectivity index (χ4n) is 2.64. The van der Waals surface area contributed by atoms with Gasteiger partial charge in [-0.05, 0) is 61.2 Å². The van der Waals surface area contributed by atoms with Gasteiger partial charge >= 0.3 is 0 Å². The van der Waals surface area contributed by atoms with Gasteiger partial charge in [-0.15, -0.1) is 0 Å². The highest BCUT2D eigenvalue weighted by Crippen LogP contribution is 2.32. The highest BCUT2D eigenvalue weighted by Gasteiger charge is 2.11. The van der Waals surface area contributed by atoms with E-state index in [0.29, 0.717) is 34.1 Å². The maximum atomic E-state index is 12.8. The minimum Gasteiger partial charge on any atom is -0.497 e. The molecule has 8 heteroatoms. The van der Waals surface area contributed by atoms with Gasteiger partial charge in [0, 0.05) is 16.8 Å². The lowest BCUT2D eigenvalue weighted by atomic mass is 10.2. The van der Waals surface area contributed by atoms with E-state index in [9.17, 15) is 4.79 Å². The maximum absolute atomic E-state index is 12.8. The first kappa shape index (κ1) is 19.3. The third kappa shape index (κ3) is 3.94. The third-order valence-corrected chi connectivity index (χ3v) is 4.68. The zero-order chi connectivity index (χ0) is 20.1.